The predicted octanol–water partition coefficient (Wildman–Crippen LogP) is 5.07. The van der Waals surface area contributed by atoms with E-state index in [0.717, 1.165) is 25.1 Å². The molecule has 2 heterocycles. The standard InChI is InChI=1S/C22H22F2N2/c1-16-8-10-17(11-9-16)22-21-7-3-12-25(21)13-4-14-26(22)15-18-19(23)5-2-6-20(18)24/h2-3,5-12,22H,4,13-15H2,1H3/t22-/m1/s1. The van der Waals surface area contributed by atoms with Crippen LogP contribution in [0.5, 0.6) is 0 Å². The first-order valence-corrected chi connectivity index (χ1v) is 9.02. The summed E-state index contributed by atoms with van der Waals surface area (Å²) in [6.45, 7) is 4.02. The number of aromatic nitrogens is 1. The molecule has 0 radical (unpaired) electrons. The van der Waals surface area contributed by atoms with E-state index < -0.39 is 11.6 Å². The second-order valence-corrected chi connectivity index (χ2v) is 6.96. The van der Waals surface area contributed by atoms with Gasteiger partial charge in [-0.2, -0.15) is 0 Å². The molecule has 3 aromatic rings. The number of hydrogen-bond donors (Lipinski definition) is 0. The van der Waals surface area contributed by atoms with Crippen molar-refractivity contribution in [3.63, 3.8) is 0 Å². The van der Waals surface area contributed by atoms with Gasteiger partial charge in [0.1, 0.15) is 11.6 Å². The molecule has 1 aliphatic heterocycles. The van der Waals surface area contributed by atoms with Gasteiger partial charge in [-0.1, -0.05) is 35.9 Å². The minimum atomic E-state index is -0.479. The van der Waals surface area contributed by atoms with E-state index in [9.17, 15) is 8.78 Å². The molecule has 0 saturated heterocycles. The normalized spacial score (nSPS) is 17.7. The fraction of sp³-hybridized carbons (Fsp3) is 0.273. The highest BCUT2D eigenvalue weighted by molar-refractivity contribution is 5.32. The molecule has 0 aliphatic carbocycles. The average molecular weight is 352 g/mol. The Hall–Kier alpha value is -2.46. The minimum absolute atomic E-state index is 0.0212. The van der Waals surface area contributed by atoms with Crippen molar-refractivity contribution in [1.29, 1.82) is 0 Å². The van der Waals surface area contributed by atoms with E-state index in [2.05, 4.69) is 52.9 Å². The Morgan fingerprint density at radius 2 is 1.65 bits per heavy atom. The summed E-state index contributed by atoms with van der Waals surface area (Å²) in [6.07, 6.45) is 3.03. The summed E-state index contributed by atoms with van der Waals surface area (Å²) in [4.78, 5) is 2.19. The second kappa shape index (κ2) is 7.04. The van der Waals surface area contributed by atoms with Crippen LogP contribution in [0.15, 0.2) is 60.8 Å². The van der Waals surface area contributed by atoms with Gasteiger partial charge in [0.2, 0.25) is 0 Å². The molecule has 2 nitrogen and oxygen atoms in total. The van der Waals surface area contributed by atoms with Crippen molar-refractivity contribution in [2.24, 2.45) is 0 Å². The van der Waals surface area contributed by atoms with Gasteiger partial charge in [0.05, 0.1) is 6.04 Å². The number of benzene rings is 2. The minimum Gasteiger partial charge on any atom is -0.350 e. The first-order chi connectivity index (χ1) is 12.6. The molecule has 0 spiro atoms. The maximum absolute atomic E-state index is 14.3. The SMILES string of the molecule is Cc1ccc([C@@H]2c3cccn3CCCN2Cc2c(F)cccc2F)cc1. The van der Waals surface area contributed by atoms with Crippen LogP contribution in [-0.2, 0) is 13.1 Å². The van der Waals surface area contributed by atoms with Crippen LogP contribution in [0.25, 0.3) is 0 Å². The summed E-state index contributed by atoms with van der Waals surface area (Å²) < 4.78 is 30.8. The summed E-state index contributed by atoms with van der Waals surface area (Å²) in [5.74, 6) is -0.959. The fourth-order valence-electron chi connectivity index (χ4n) is 3.83. The number of hydrogen-bond acceptors (Lipinski definition) is 1. The van der Waals surface area contributed by atoms with Crippen LogP contribution in [0.4, 0.5) is 8.78 Å². The lowest BCUT2D eigenvalue weighted by Gasteiger charge is -2.31. The van der Waals surface area contributed by atoms with Crippen LogP contribution in [0.3, 0.4) is 0 Å². The Morgan fingerprint density at radius 1 is 0.923 bits per heavy atom. The van der Waals surface area contributed by atoms with Gasteiger partial charge in [-0.15, -0.1) is 0 Å². The van der Waals surface area contributed by atoms with E-state index in [1.54, 1.807) is 0 Å². The summed E-state index contributed by atoms with van der Waals surface area (Å²) in [5, 5.41) is 0. The molecule has 0 unspecified atom stereocenters. The average Bonchev–Trinajstić information content (AvgIpc) is 3.01. The highest BCUT2D eigenvalue weighted by Crippen LogP contribution is 2.33. The van der Waals surface area contributed by atoms with Crippen molar-refractivity contribution < 1.29 is 8.78 Å². The van der Waals surface area contributed by atoms with Crippen molar-refractivity contribution in [2.75, 3.05) is 6.54 Å². The van der Waals surface area contributed by atoms with Crippen LogP contribution in [-0.4, -0.2) is 16.0 Å². The molecular formula is C22H22F2N2. The van der Waals surface area contributed by atoms with Crippen molar-refractivity contribution in [3.8, 4) is 0 Å². The van der Waals surface area contributed by atoms with Crippen LogP contribution < -0.4 is 0 Å². The molecule has 0 bridgehead atoms. The lowest BCUT2D eigenvalue weighted by atomic mass is 9.99. The number of halogens is 2. The molecule has 1 aliphatic rings. The monoisotopic (exact) mass is 352 g/mol. The fourth-order valence-corrected chi connectivity index (χ4v) is 3.83. The van der Waals surface area contributed by atoms with Gasteiger partial charge in [0.25, 0.3) is 0 Å². The summed E-state index contributed by atoms with van der Waals surface area (Å²) >= 11 is 0. The Labute approximate surface area is 152 Å². The van der Waals surface area contributed by atoms with Crippen LogP contribution in [0.1, 0.15) is 34.8 Å². The van der Waals surface area contributed by atoms with E-state index >= 15 is 0 Å². The van der Waals surface area contributed by atoms with Crippen molar-refractivity contribution in [1.82, 2.24) is 9.47 Å². The summed E-state index contributed by atoms with van der Waals surface area (Å²) in [7, 11) is 0. The third-order valence-electron chi connectivity index (χ3n) is 5.17. The van der Waals surface area contributed by atoms with E-state index in [1.165, 1.54) is 29.5 Å². The molecule has 0 saturated carbocycles. The van der Waals surface area contributed by atoms with E-state index in [0.29, 0.717) is 0 Å². The smallest absolute Gasteiger partial charge is 0.130 e. The maximum atomic E-state index is 14.3. The van der Waals surface area contributed by atoms with Gasteiger partial charge in [-0.3, -0.25) is 4.90 Å². The van der Waals surface area contributed by atoms with Crippen LogP contribution in [0.2, 0.25) is 0 Å². The molecule has 134 valence electrons. The van der Waals surface area contributed by atoms with Gasteiger partial charge < -0.3 is 4.57 Å². The number of aryl methyl sites for hydroxylation is 2. The number of rotatable bonds is 3. The number of fused-ring (bicyclic) bond motifs is 1. The highest BCUT2D eigenvalue weighted by Gasteiger charge is 2.28. The van der Waals surface area contributed by atoms with Gasteiger partial charge >= 0.3 is 0 Å². The Balaban J connectivity index is 1.77. The summed E-state index contributed by atoms with van der Waals surface area (Å²) in [6, 6.07) is 16.6. The van der Waals surface area contributed by atoms with Gasteiger partial charge in [0, 0.05) is 37.1 Å². The zero-order valence-corrected chi connectivity index (χ0v) is 14.8. The van der Waals surface area contributed by atoms with Crippen molar-refractivity contribution in [3.05, 3.63) is 94.8 Å². The Morgan fingerprint density at radius 3 is 2.38 bits per heavy atom. The molecule has 4 heteroatoms. The zero-order valence-electron chi connectivity index (χ0n) is 14.8. The maximum Gasteiger partial charge on any atom is 0.130 e. The lowest BCUT2D eigenvalue weighted by Crippen LogP contribution is -2.30. The van der Waals surface area contributed by atoms with E-state index in [-0.39, 0.29) is 18.2 Å². The van der Waals surface area contributed by atoms with Gasteiger partial charge in [-0.25, -0.2) is 8.78 Å². The lowest BCUT2D eigenvalue weighted by molar-refractivity contribution is 0.214. The largest absolute Gasteiger partial charge is 0.350 e. The Kier molecular flexibility index (Phi) is 4.60. The number of nitrogens with zero attached hydrogens (tertiary/aromatic N) is 2. The van der Waals surface area contributed by atoms with Crippen LogP contribution in [0, 0.1) is 18.6 Å². The van der Waals surface area contributed by atoms with Crippen molar-refractivity contribution >= 4 is 0 Å². The Bertz CT molecular complexity index is 879. The molecule has 0 amide bonds. The zero-order chi connectivity index (χ0) is 18.1. The second-order valence-electron chi connectivity index (χ2n) is 6.96. The molecule has 26 heavy (non-hydrogen) atoms. The van der Waals surface area contributed by atoms with Crippen molar-refractivity contribution in [2.45, 2.75) is 32.5 Å². The molecule has 0 N–H and O–H groups in total. The quantitative estimate of drug-likeness (QED) is 0.639. The molecule has 0 fully saturated rings. The van der Waals surface area contributed by atoms with E-state index in [1.807, 2.05) is 6.07 Å². The highest BCUT2D eigenvalue weighted by atomic mass is 19.1. The first-order valence-electron chi connectivity index (χ1n) is 9.02. The predicted molar refractivity (Wildman–Crippen MR) is 98.8 cm³/mol. The molecule has 4 rings (SSSR count). The van der Waals surface area contributed by atoms with Gasteiger partial charge in [-0.05, 0) is 43.2 Å². The molecule has 1 atom stereocenters. The first kappa shape index (κ1) is 17.0. The van der Waals surface area contributed by atoms with Crippen LogP contribution >= 0.6 is 0 Å². The molecule has 1 aromatic heterocycles. The topological polar surface area (TPSA) is 8.17 Å². The summed E-state index contributed by atoms with van der Waals surface area (Å²) in [5.41, 5.74) is 3.66. The molecule has 2 aromatic carbocycles. The third-order valence-corrected chi connectivity index (χ3v) is 5.17. The molecular weight excluding hydrogens is 330 g/mol. The third kappa shape index (κ3) is 3.17. The van der Waals surface area contributed by atoms with E-state index in [4.69, 9.17) is 0 Å². The van der Waals surface area contributed by atoms with Gasteiger partial charge in [0.15, 0.2) is 0 Å².